The highest BCUT2D eigenvalue weighted by Gasteiger charge is 2.34. The fourth-order valence-corrected chi connectivity index (χ4v) is 3.40. The molecule has 0 aliphatic carbocycles. The van der Waals surface area contributed by atoms with E-state index in [-0.39, 0.29) is 24.0 Å². The van der Waals surface area contributed by atoms with E-state index in [0.717, 1.165) is 5.69 Å². The summed E-state index contributed by atoms with van der Waals surface area (Å²) in [4.78, 5) is 21.9. The van der Waals surface area contributed by atoms with Crippen molar-refractivity contribution in [2.45, 2.75) is 12.5 Å². The zero-order valence-electron chi connectivity index (χ0n) is 14.6. The van der Waals surface area contributed by atoms with Gasteiger partial charge in [-0.25, -0.2) is 8.78 Å². The van der Waals surface area contributed by atoms with Crippen LogP contribution in [0.3, 0.4) is 0 Å². The highest BCUT2D eigenvalue weighted by Crippen LogP contribution is 2.22. The lowest BCUT2D eigenvalue weighted by Crippen LogP contribution is -2.51. The molecule has 140 valence electrons. The largest absolute Gasteiger partial charge is 0.382 e. The third-order valence-electron chi connectivity index (χ3n) is 4.91. The molecule has 2 aromatic rings. The highest BCUT2D eigenvalue weighted by atomic mass is 19.1. The number of hydrogen-bond donors (Lipinski definition) is 0. The van der Waals surface area contributed by atoms with Gasteiger partial charge in [-0.2, -0.15) is 0 Å². The van der Waals surface area contributed by atoms with Gasteiger partial charge in [0.1, 0.15) is 11.6 Å². The number of hydrogen-bond acceptors (Lipinski definition) is 4. The summed E-state index contributed by atoms with van der Waals surface area (Å²) in [5.41, 5.74) is 1.76. The summed E-state index contributed by atoms with van der Waals surface area (Å²) < 4.78 is 26.9. The number of rotatable bonds is 3. The monoisotopic (exact) mass is 371 g/mol. The van der Waals surface area contributed by atoms with Gasteiger partial charge < -0.3 is 14.6 Å². The van der Waals surface area contributed by atoms with E-state index < -0.39 is 6.10 Å². The molecule has 0 aromatic heterocycles. The quantitative estimate of drug-likeness (QED) is 0.834. The molecule has 1 atom stereocenters. The average Bonchev–Trinajstić information content (AvgIpc) is 3.18. The Hall–Kier alpha value is -2.96. The van der Waals surface area contributed by atoms with Crippen LogP contribution in [0.1, 0.15) is 12.0 Å². The predicted octanol–water partition coefficient (Wildman–Crippen LogP) is 2.81. The van der Waals surface area contributed by atoms with E-state index in [4.69, 9.17) is 4.84 Å². The Morgan fingerprint density at radius 1 is 1.00 bits per heavy atom. The van der Waals surface area contributed by atoms with Gasteiger partial charge in [-0.1, -0.05) is 23.4 Å². The lowest BCUT2D eigenvalue weighted by Gasteiger charge is -2.36. The van der Waals surface area contributed by atoms with E-state index in [0.29, 0.717) is 37.5 Å². The van der Waals surface area contributed by atoms with Crippen LogP contribution in [0.15, 0.2) is 53.7 Å². The molecule has 0 bridgehead atoms. The number of anilines is 1. The van der Waals surface area contributed by atoms with Crippen molar-refractivity contribution in [3.05, 3.63) is 65.7 Å². The molecular formula is C20H19F2N3O2. The third kappa shape index (κ3) is 3.63. The number of piperazine rings is 1. The minimum Gasteiger partial charge on any atom is -0.382 e. The van der Waals surface area contributed by atoms with Crippen LogP contribution in [0.25, 0.3) is 0 Å². The third-order valence-corrected chi connectivity index (χ3v) is 4.91. The first kappa shape index (κ1) is 17.5. The molecule has 0 N–H and O–H groups in total. The van der Waals surface area contributed by atoms with E-state index in [9.17, 15) is 13.6 Å². The molecule has 0 unspecified atom stereocenters. The van der Waals surface area contributed by atoms with Crippen LogP contribution in [-0.2, 0) is 9.63 Å². The standard InChI is InChI=1S/C20H19F2N3O2/c21-14-5-7-15(8-6-14)24-9-11-25(12-10-24)20(26)19-13-18(23-27-19)16-3-1-2-4-17(16)22/h1-8,19H,9-13H2/t19-/m1/s1. The second kappa shape index (κ2) is 7.34. The number of carbonyl (C=O) groups is 1. The fourth-order valence-electron chi connectivity index (χ4n) is 3.40. The predicted molar refractivity (Wildman–Crippen MR) is 97.6 cm³/mol. The van der Waals surface area contributed by atoms with E-state index in [1.54, 1.807) is 35.2 Å². The normalized spacial score (nSPS) is 19.6. The summed E-state index contributed by atoms with van der Waals surface area (Å²) >= 11 is 0. The Bertz CT molecular complexity index is 862. The summed E-state index contributed by atoms with van der Waals surface area (Å²) in [5, 5.41) is 3.92. The second-order valence-corrected chi connectivity index (χ2v) is 6.60. The summed E-state index contributed by atoms with van der Waals surface area (Å²) in [7, 11) is 0. The van der Waals surface area contributed by atoms with Crippen LogP contribution in [0.4, 0.5) is 14.5 Å². The first-order valence-corrected chi connectivity index (χ1v) is 8.89. The first-order valence-electron chi connectivity index (χ1n) is 8.89. The van der Waals surface area contributed by atoms with Crippen molar-refractivity contribution in [2.24, 2.45) is 5.16 Å². The molecule has 5 nitrogen and oxygen atoms in total. The van der Waals surface area contributed by atoms with Crippen molar-refractivity contribution in [2.75, 3.05) is 31.1 Å². The molecule has 27 heavy (non-hydrogen) atoms. The lowest BCUT2D eigenvalue weighted by molar-refractivity contribution is -0.142. The van der Waals surface area contributed by atoms with Gasteiger partial charge in [0.25, 0.3) is 5.91 Å². The molecule has 0 saturated carbocycles. The number of nitrogens with zero attached hydrogens (tertiary/aromatic N) is 3. The molecular weight excluding hydrogens is 352 g/mol. The zero-order valence-corrected chi connectivity index (χ0v) is 14.6. The Kier molecular flexibility index (Phi) is 4.75. The SMILES string of the molecule is O=C([C@H]1CC(c2ccccc2F)=NO1)N1CCN(c2ccc(F)cc2)CC1. The summed E-state index contributed by atoms with van der Waals surface area (Å²) in [6.07, 6.45) is -0.449. The number of amides is 1. The van der Waals surface area contributed by atoms with Gasteiger partial charge in [0.2, 0.25) is 6.10 Å². The molecule has 7 heteroatoms. The van der Waals surface area contributed by atoms with Gasteiger partial charge in [0.15, 0.2) is 0 Å². The van der Waals surface area contributed by atoms with Crippen LogP contribution in [0.5, 0.6) is 0 Å². The number of carbonyl (C=O) groups excluding carboxylic acids is 1. The number of halogens is 2. The Balaban J connectivity index is 1.34. The topological polar surface area (TPSA) is 45.1 Å². The maximum Gasteiger partial charge on any atom is 0.267 e. The van der Waals surface area contributed by atoms with Crippen molar-refractivity contribution in [1.29, 1.82) is 0 Å². The summed E-state index contributed by atoms with van der Waals surface area (Å²) in [6.45, 7) is 2.41. The molecule has 2 heterocycles. The Morgan fingerprint density at radius 2 is 1.70 bits per heavy atom. The van der Waals surface area contributed by atoms with Gasteiger partial charge in [-0.3, -0.25) is 4.79 Å². The molecule has 0 spiro atoms. The molecule has 2 aliphatic rings. The van der Waals surface area contributed by atoms with Gasteiger partial charge >= 0.3 is 0 Å². The van der Waals surface area contributed by atoms with Crippen molar-refractivity contribution >= 4 is 17.3 Å². The molecule has 2 aromatic carbocycles. The van der Waals surface area contributed by atoms with Gasteiger partial charge in [-0.15, -0.1) is 0 Å². The van der Waals surface area contributed by atoms with Gasteiger partial charge in [0.05, 0.1) is 5.71 Å². The minimum atomic E-state index is -0.711. The summed E-state index contributed by atoms with van der Waals surface area (Å²) in [5.74, 6) is -0.777. The maximum atomic E-state index is 13.9. The van der Waals surface area contributed by atoms with Crippen LogP contribution < -0.4 is 4.90 Å². The van der Waals surface area contributed by atoms with E-state index in [1.165, 1.54) is 18.2 Å². The maximum absolute atomic E-state index is 13.9. The molecule has 1 amide bonds. The van der Waals surface area contributed by atoms with Crippen LogP contribution in [0.2, 0.25) is 0 Å². The van der Waals surface area contributed by atoms with E-state index >= 15 is 0 Å². The van der Waals surface area contributed by atoms with E-state index in [2.05, 4.69) is 10.1 Å². The second-order valence-electron chi connectivity index (χ2n) is 6.60. The van der Waals surface area contributed by atoms with Gasteiger partial charge in [-0.05, 0) is 30.3 Å². The van der Waals surface area contributed by atoms with E-state index in [1.807, 2.05) is 0 Å². The van der Waals surface area contributed by atoms with Crippen LogP contribution >= 0.6 is 0 Å². The highest BCUT2D eigenvalue weighted by molar-refractivity contribution is 6.04. The molecule has 1 fully saturated rings. The fraction of sp³-hybridized carbons (Fsp3) is 0.300. The van der Waals surface area contributed by atoms with Crippen molar-refractivity contribution < 1.29 is 18.4 Å². The van der Waals surface area contributed by atoms with Crippen LogP contribution in [0, 0.1) is 11.6 Å². The van der Waals surface area contributed by atoms with Gasteiger partial charge in [0, 0.05) is 43.9 Å². The van der Waals surface area contributed by atoms with Crippen molar-refractivity contribution in [1.82, 2.24) is 4.90 Å². The minimum absolute atomic E-state index is 0.135. The molecule has 2 aliphatic heterocycles. The molecule has 1 saturated heterocycles. The average molecular weight is 371 g/mol. The Morgan fingerprint density at radius 3 is 2.41 bits per heavy atom. The number of benzene rings is 2. The molecule has 4 rings (SSSR count). The van der Waals surface area contributed by atoms with Crippen molar-refractivity contribution in [3.8, 4) is 0 Å². The van der Waals surface area contributed by atoms with Crippen molar-refractivity contribution in [3.63, 3.8) is 0 Å². The number of oxime groups is 1. The first-order chi connectivity index (χ1) is 13.1. The van der Waals surface area contributed by atoms with Crippen LogP contribution in [-0.4, -0.2) is 48.8 Å². The smallest absolute Gasteiger partial charge is 0.267 e. The zero-order chi connectivity index (χ0) is 18.8. The Labute approximate surface area is 155 Å². The summed E-state index contributed by atoms with van der Waals surface area (Å²) in [6, 6.07) is 12.7. The molecule has 0 radical (unpaired) electrons. The lowest BCUT2D eigenvalue weighted by atomic mass is 10.0.